The SMILES string of the molecule is CC1CN(S(=O)(=O)c2ccccc2)CCN1/C(N)=c1\cccc\c1=C(\N)c1ccccc1. The van der Waals surface area contributed by atoms with E-state index in [4.69, 9.17) is 11.5 Å². The molecule has 0 spiro atoms. The van der Waals surface area contributed by atoms with Gasteiger partial charge in [0.2, 0.25) is 10.0 Å². The first-order chi connectivity index (χ1) is 15.4. The van der Waals surface area contributed by atoms with E-state index in [-0.39, 0.29) is 6.04 Å². The Morgan fingerprint density at radius 2 is 1.38 bits per heavy atom. The van der Waals surface area contributed by atoms with Crippen molar-refractivity contribution in [2.45, 2.75) is 17.9 Å². The molecule has 0 amide bonds. The summed E-state index contributed by atoms with van der Waals surface area (Å²) < 4.78 is 27.6. The van der Waals surface area contributed by atoms with Crippen LogP contribution in [0.25, 0.3) is 11.5 Å². The zero-order valence-corrected chi connectivity index (χ0v) is 18.9. The molecule has 1 saturated heterocycles. The summed E-state index contributed by atoms with van der Waals surface area (Å²) in [6.07, 6.45) is 0. The average Bonchev–Trinajstić information content (AvgIpc) is 2.84. The highest BCUT2D eigenvalue weighted by atomic mass is 32.2. The van der Waals surface area contributed by atoms with Gasteiger partial charge in [-0.05, 0) is 24.6 Å². The highest BCUT2D eigenvalue weighted by Crippen LogP contribution is 2.21. The molecule has 1 fully saturated rings. The zero-order chi connectivity index (χ0) is 22.7. The molecule has 3 aromatic carbocycles. The molecule has 0 aliphatic carbocycles. The van der Waals surface area contributed by atoms with Gasteiger partial charge in [0, 0.05) is 41.8 Å². The highest BCUT2D eigenvalue weighted by molar-refractivity contribution is 7.89. The van der Waals surface area contributed by atoms with Crippen LogP contribution in [0.4, 0.5) is 0 Å². The lowest BCUT2D eigenvalue weighted by molar-refractivity contribution is 0.189. The summed E-state index contributed by atoms with van der Waals surface area (Å²) in [4.78, 5) is 2.38. The molecule has 0 saturated carbocycles. The van der Waals surface area contributed by atoms with Gasteiger partial charge < -0.3 is 16.4 Å². The number of sulfonamides is 1. The van der Waals surface area contributed by atoms with Gasteiger partial charge in [0.25, 0.3) is 0 Å². The van der Waals surface area contributed by atoms with E-state index in [0.29, 0.717) is 36.0 Å². The Balaban J connectivity index is 1.69. The van der Waals surface area contributed by atoms with E-state index in [1.807, 2.05) is 67.6 Å². The standard InChI is InChI=1S/C25H28N4O2S/c1-19-18-28(32(30,31)21-12-6-3-7-13-21)16-17-29(19)25(27)23-15-9-8-14-22(23)24(26)20-10-4-2-5-11-20/h2-15,19H,16-18,26-27H2,1H3/b24-22-,25-23+. The van der Waals surface area contributed by atoms with E-state index < -0.39 is 10.0 Å². The minimum absolute atomic E-state index is 0.0896. The summed E-state index contributed by atoms with van der Waals surface area (Å²) in [6, 6.07) is 26.1. The molecule has 1 aliphatic rings. The van der Waals surface area contributed by atoms with Gasteiger partial charge in [-0.2, -0.15) is 4.31 Å². The summed E-state index contributed by atoms with van der Waals surface area (Å²) in [5, 5.41) is 1.71. The fourth-order valence-electron chi connectivity index (χ4n) is 4.11. The molecule has 1 aliphatic heterocycles. The smallest absolute Gasteiger partial charge is 0.243 e. The second-order valence-corrected chi connectivity index (χ2v) is 9.87. The van der Waals surface area contributed by atoms with Crippen molar-refractivity contribution in [3.8, 4) is 0 Å². The van der Waals surface area contributed by atoms with Crippen molar-refractivity contribution in [2.24, 2.45) is 11.5 Å². The molecule has 1 heterocycles. The molecule has 1 atom stereocenters. The maximum absolute atomic E-state index is 13.0. The van der Waals surface area contributed by atoms with Crippen LogP contribution in [0.5, 0.6) is 0 Å². The van der Waals surface area contributed by atoms with E-state index >= 15 is 0 Å². The third-order valence-corrected chi connectivity index (χ3v) is 7.74. The summed E-state index contributed by atoms with van der Waals surface area (Å²) in [6.45, 7) is 3.21. The van der Waals surface area contributed by atoms with Crippen LogP contribution in [0.3, 0.4) is 0 Å². The Labute approximate surface area is 189 Å². The van der Waals surface area contributed by atoms with Crippen LogP contribution in [0.2, 0.25) is 0 Å². The molecule has 32 heavy (non-hydrogen) atoms. The first-order valence-electron chi connectivity index (χ1n) is 10.6. The van der Waals surface area contributed by atoms with Crippen LogP contribution in [0.15, 0.2) is 89.8 Å². The predicted molar refractivity (Wildman–Crippen MR) is 128 cm³/mol. The Morgan fingerprint density at radius 1 is 0.812 bits per heavy atom. The van der Waals surface area contributed by atoms with Crippen LogP contribution >= 0.6 is 0 Å². The number of hydrogen-bond acceptors (Lipinski definition) is 5. The van der Waals surface area contributed by atoms with E-state index in [1.54, 1.807) is 24.3 Å². The molecule has 0 radical (unpaired) electrons. The molecule has 4 N–H and O–H groups in total. The second kappa shape index (κ2) is 9.06. The van der Waals surface area contributed by atoms with E-state index in [0.717, 1.165) is 16.0 Å². The molecule has 0 bridgehead atoms. The number of benzene rings is 3. The third kappa shape index (κ3) is 4.22. The largest absolute Gasteiger partial charge is 0.398 e. The van der Waals surface area contributed by atoms with Crippen molar-refractivity contribution in [3.63, 3.8) is 0 Å². The average molecular weight is 449 g/mol. The quantitative estimate of drug-likeness (QED) is 0.626. The van der Waals surface area contributed by atoms with Crippen LogP contribution in [-0.2, 0) is 10.0 Å². The molecule has 7 heteroatoms. The van der Waals surface area contributed by atoms with Gasteiger partial charge in [0.05, 0.1) is 4.90 Å². The molecule has 166 valence electrons. The van der Waals surface area contributed by atoms with E-state index in [2.05, 4.69) is 4.90 Å². The number of piperazine rings is 1. The summed E-state index contributed by atoms with van der Waals surface area (Å²) in [5.74, 6) is 0.601. The summed E-state index contributed by atoms with van der Waals surface area (Å²) in [5.41, 5.74) is 14.7. The topological polar surface area (TPSA) is 92.7 Å². The minimum atomic E-state index is -3.53. The van der Waals surface area contributed by atoms with Crippen molar-refractivity contribution in [1.82, 2.24) is 9.21 Å². The Morgan fingerprint density at radius 3 is 2.00 bits per heavy atom. The lowest BCUT2D eigenvalue weighted by Crippen LogP contribution is -2.55. The van der Waals surface area contributed by atoms with Crippen molar-refractivity contribution < 1.29 is 8.42 Å². The fraction of sp³-hybridized carbons (Fsp3) is 0.200. The molecule has 6 nitrogen and oxygen atoms in total. The van der Waals surface area contributed by atoms with Gasteiger partial charge in [-0.3, -0.25) is 0 Å². The van der Waals surface area contributed by atoms with Gasteiger partial charge in [-0.15, -0.1) is 0 Å². The summed E-state index contributed by atoms with van der Waals surface area (Å²) in [7, 11) is -3.53. The van der Waals surface area contributed by atoms with Crippen LogP contribution in [-0.4, -0.2) is 43.3 Å². The zero-order valence-electron chi connectivity index (χ0n) is 18.1. The van der Waals surface area contributed by atoms with Crippen LogP contribution in [0, 0.1) is 0 Å². The maximum Gasteiger partial charge on any atom is 0.243 e. The first-order valence-corrected chi connectivity index (χ1v) is 12.1. The van der Waals surface area contributed by atoms with Gasteiger partial charge >= 0.3 is 0 Å². The van der Waals surface area contributed by atoms with Crippen LogP contribution in [0.1, 0.15) is 12.5 Å². The van der Waals surface area contributed by atoms with Gasteiger partial charge in [0.15, 0.2) is 0 Å². The molecular weight excluding hydrogens is 420 g/mol. The number of hydrogen-bond donors (Lipinski definition) is 2. The molecular formula is C25H28N4O2S. The minimum Gasteiger partial charge on any atom is -0.398 e. The predicted octanol–water partition coefficient (Wildman–Crippen LogP) is 1.22. The molecule has 1 unspecified atom stereocenters. The van der Waals surface area contributed by atoms with E-state index in [1.165, 1.54) is 4.31 Å². The van der Waals surface area contributed by atoms with Crippen LogP contribution < -0.4 is 21.9 Å². The summed E-state index contributed by atoms with van der Waals surface area (Å²) >= 11 is 0. The highest BCUT2D eigenvalue weighted by Gasteiger charge is 2.32. The lowest BCUT2D eigenvalue weighted by atomic mass is 10.1. The molecule has 3 aromatic rings. The Hall–Kier alpha value is -3.29. The molecule has 0 aromatic heterocycles. The van der Waals surface area contributed by atoms with Crippen molar-refractivity contribution in [1.29, 1.82) is 0 Å². The number of nitrogens with zero attached hydrogens (tertiary/aromatic N) is 2. The monoisotopic (exact) mass is 448 g/mol. The first kappa shape index (κ1) is 21.9. The van der Waals surface area contributed by atoms with Crippen molar-refractivity contribution >= 4 is 21.5 Å². The van der Waals surface area contributed by atoms with E-state index in [9.17, 15) is 8.42 Å². The van der Waals surface area contributed by atoms with Gasteiger partial charge in [-0.25, -0.2) is 8.42 Å². The maximum atomic E-state index is 13.0. The Bertz CT molecular complexity index is 1310. The van der Waals surface area contributed by atoms with Crippen molar-refractivity contribution in [3.05, 3.63) is 101 Å². The fourth-order valence-corrected chi connectivity index (χ4v) is 5.64. The van der Waals surface area contributed by atoms with Gasteiger partial charge in [-0.1, -0.05) is 72.8 Å². The molecule has 4 rings (SSSR count). The number of rotatable bonds is 4. The second-order valence-electron chi connectivity index (χ2n) is 7.93. The number of nitrogens with two attached hydrogens (primary N) is 2. The van der Waals surface area contributed by atoms with Gasteiger partial charge in [0.1, 0.15) is 5.82 Å². The lowest BCUT2D eigenvalue weighted by Gasteiger charge is -2.40. The third-order valence-electron chi connectivity index (χ3n) is 5.86. The van der Waals surface area contributed by atoms with Crippen molar-refractivity contribution in [2.75, 3.05) is 19.6 Å². The Kier molecular flexibility index (Phi) is 6.21. The normalized spacial score (nSPS) is 19.4.